The number of sulfone groups is 1. The van der Waals surface area contributed by atoms with Crippen molar-refractivity contribution < 1.29 is 13.5 Å². The average molecular weight is 208 g/mol. The highest BCUT2D eigenvalue weighted by molar-refractivity contribution is 7.91. The minimum absolute atomic E-state index is 0.0507. The van der Waals surface area contributed by atoms with Gasteiger partial charge < -0.3 is 5.11 Å². The molecule has 13 heavy (non-hydrogen) atoms. The molecular weight excluding hydrogens is 188 g/mol. The largest absolute Gasteiger partial charge is 0.392 e. The number of hydrogen-bond acceptors (Lipinski definition) is 3. The molecule has 3 unspecified atom stereocenters. The van der Waals surface area contributed by atoms with Gasteiger partial charge in [0, 0.05) is 6.26 Å². The van der Waals surface area contributed by atoms with Crippen molar-refractivity contribution in [2.75, 3.05) is 6.26 Å². The number of hydrogen-bond donors (Lipinski definition) is 1. The van der Waals surface area contributed by atoms with Crippen LogP contribution in [0.25, 0.3) is 0 Å². The molecule has 4 heteroatoms. The quantitative estimate of drug-likeness (QED) is 0.739. The maximum atomic E-state index is 11.1. The number of rotatable bonds is 5. The van der Waals surface area contributed by atoms with Crippen molar-refractivity contribution in [2.24, 2.45) is 5.92 Å². The van der Waals surface area contributed by atoms with E-state index >= 15 is 0 Å². The Labute approximate surface area is 81.1 Å². The third-order valence-electron chi connectivity index (χ3n) is 2.48. The Morgan fingerprint density at radius 3 is 2.08 bits per heavy atom. The summed E-state index contributed by atoms with van der Waals surface area (Å²) in [6, 6.07) is 0. The second-order valence-electron chi connectivity index (χ2n) is 3.79. The van der Waals surface area contributed by atoms with Crippen LogP contribution in [-0.4, -0.2) is 31.1 Å². The monoisotopic (exact) mass is 208 g/mol. The molecule has 0 aromatic rings. The zero-order valence-corrected chi connectivity index (χ0v) is 9.63. The minimum Gasteiger partial charge on any atom is -0.392 e. The lowest BCUT2D eigenvalue weighted by Gasteiger charge is -2.23. The van der Waals surface area contributed by atoms with Crippen LogP contribution in [0.1, 0.15) is 33.6 Å². The molecule has 0 spiro atoms. The average Bonchev–Trinajstić information content (AvgIpc) is 2.00. The van der Waals surface area contributed by atoms with Gasteiger partial charge in [0.1, 0.15) is 0 Å². The lowest BCUT2D eigenvalue weighted by molar-refractivity contribution is 0.110. The summed E-state index contributed by atoms with van der Waals surface area (Å²) in [4.78, 5) is 0. The Balaban J connectivity index is 4.34. The predicted molar refractivity (Wildman–Crippen MR) is 54.4 cm³/mol. The van der Waals surface area contributed by atoms with Crippen molar-refractivity contribution in [1.82, 2.24) is 0 Å². The fourth-order valence-electron chi connectivity index (χ4n) is 1.34. The summed E-state index contributed by atoms with van der Waals surface area (Å²) in [5.74, 6) is 0.0507. The molecule has 3 atom stereocenters. The lowest BCUT2D eigenvalue weighted by Crippen LogP contribution is -2.35. The molecule has 0 amide bonds. The van der Waals surface area contributed by atoms with Gasteiger partial charge in [-0.15, -0.1) is 0 Å². The van der Waals surface area contributed by atoms with Gasteiger partial charge in [0.2, 0.25) is 0 Å². The molecule has 0 fully saturated rings. The van der Waals surface area contributed by atoms with Gasteiger partial charge in [-0.25, -0.2) is 8.42 Å². The van der Waals surface area contributed by atoms with Crippen LogP contribution in [0.4, 0.5) is 0 Å². The molecule has 80 valence electrons. The fraction of sp³-hybridized carbons (Fsp3) is 1.00. The van der Waals surface area contributed by atoms with Gasteiger partial charge in [0.05, 0.1) is 11.4 Å². The van der Waals surface area contributed by atoms with Gasteiger partial charge in [-0.05, 0) is 19.3 Å². The molecule has 0 aliphatic carbocycles. The predicted octanol–water partition coefficient (Wildman–Crippen LogP) is 1.22. The lowest BCUT2D eigenvalue weighted by atomic mass is 9.97. The first-order chi connectivity index (χ1) is 5.80. The first kappa shape index (κ1) is 12.9. The van der Waals surface area contributed by atoms with Gasteiger partial charge in [-0.3, -0.25) is 0 Å². The molecule has 0 aliphatic rings. The van der Waals surface area contributed by atoms with E-state index < -0.39 is 21.2 Å². The van der Waals surface area contributed by atoms with Crippen LogP contribution in [0.15, 0.2) is 0 Å². The van der Waals surface area contributed by atoms with Gasteiger partial charge in [-0.2, -0.15) is 0 Å². The van der Waals surface area contributed by atoms with Crippen LogP contribution in [0, 0.1) is 5.92 Å². The number of aliphatic hydroxyl groups is 1. The van der Waals surface area contributed by atoms with E-state index in [0.717, 1.165) is 12.8 Å². The summed E-state index contributed by atoms with van der Waals surface area (Å²) in [5.41, 5.74) is 0. The zero-order chi connectivity index (χ0) is 10.6. The third kappa shape index (κ3) is 4.09. The first-order valence-corrected chi connectivity index (χ1v) is 6.63. The van der Waals surface area contributed by atoms with Crippen molar-refractivity contribution in [3.8, 4) is 0 Å². The van der Waals surface area contributed by atoms with Crippen LogP contribution in [0.3, 0.4) is 0 Å². The summed E-state index contributed by atoms with van der Waals surface area (Å²) in [6.07, 6.45) is 2.25. The van der Waals surface area contributed by atoms with Crippen LogP contribution in [0.5, 0.6) is 0 Å². The molecule has 0 rings (SSSR count). The summed E-state index contributed by atoms with van der Waals surface area (Å²) in [5, 5.41) is 9.02. The Hall–Kier alpha value is -0.0900. The molecule has 0 bridgehead atoms. The normalized spacial score (nSPS) is 19.5. The van der Waals surface area contributed by atoms with E-state index in [-0.39, 0.29) is 5.92 Å². The zero-order valence-electron chi connectivity index (χ0n) is 8.82. The molecule has 1 N–H and O–H groups in total. The second kappa shape index (κ2) is 4.96. The molecule has 0 saturated carbocycles. The fourth-order valence-corrected chi connectivity index (χ4v) is 2.12. The smallest absolute Gasteiger partial charge is 0.152 e. The highest BCUT2D eigenvalue weighted by atomic mass is 32.2. The third-order valence-corrected chi connectivity index (χ3v) is 4.11. The van der Waals surface area contributed by atoms with E-state index in [0.29, 0.717) is 0 Å². The van der Waals surface area contributed by atoms with E-state index in [4.69, 9.17) is 0 Å². The van der Waals surface area contributed by atoms with Crippen LogP contribution >= 0.6 is 0 Å². The molecule has 0 saturated heterocycles. The molecule has 0 aromatic heterocycles. The highest BCUT2D eigenvalue weighted by Gasteiger charge is 2.27. The number of aliphatic hydroxyl groups excluding tert-OH is 1. The van der Waals surface area contributed by atoms with Crippen molar-refractivity contribution >= 4 is 9.84 Å². The van der Waals surface area contributed by atoms with Gasteiger partial charge in [-0.1, -0.05) is 20.3 Å². The van der Waals surface area contributed by atoms with E-state index in [1.165, 1.54) is 6.26 Å². The summed E-state index contributed by atoms with van der Waals surface area (Å²) in [7, 11) is -3.12. The van der Waals surface area contributed by atoms with Crippen LogP contribution < -0.4 is 0 Å². The SMILES string of the molecule is CCCC(C)C(O)C(C)S(C)(=O)=O. The maximum absolute atomic E-state index is 11.1. The van der Waals surface area contributed by atoms with Crippen molar-refractivity contribution in [3.63, 3.8) is 0 Å². The Bertz CT molecular complexity index is 233. The Morgan fingerprint density at radius 2 is 1.77 bits per heavy atom. The topological polar surface area (TPSA) is 54.4 Å². The van der Waals surface area contributed by atoms with Gasteiger partial charge in [0.25, 0.3) is 0 Å². The molecule has 0 aromatic carbocycles. The molecule has 3 nitrogen and oxygen atoms in total. The summed E-state index contributed by atoms with van der Waals surface area (Å²) in [6.45, 7) is 5.47. The van der Waals surface area contributed by atoms with E-state index in [9.17, 15) is 13.5 Å². The van der Waals surface area contributed by atoms with Gasteiger partial charge >= 0.3 is 0 Å². The van der Waals surface area contributed by atoms with Crippen molar-refractivity contribution in [2.45, 2.75) is 45.0 Å². The first-order valence-electron chi connectivity index (χ1n) is 4.67. The van der Waals surface area contributed by atoms with Crippen molar-refractivity contribution in [3.05, 3.63) is 0 Å². The molecule has 0 radical (unpaired) electrons. The van der Waals surface area contributed by atoms with Crippen LogP contribution in [0.2, 0.25) is 0 Å². The van der Waals surface area contributed by atoms with Gasteiger partial charge in [0.15, 0.2) is 9.84 Å². The highest BCUT2D eigenvalue weighted by Crippen LogP contribution is 2.17. The Kier molecular flexibility index (Phi) is 4.92. The van der Waals surface area contributed by atoms with E-state index in [2.05, 4.69) is 0 Å². The molecule has 0 heterocycles. The van der Waals surface area contributed by atoms with Crippen molar-refractivity contribution in [1.29, 1.82) is 0 Å². The van der Waals surface area contributed by atoms with Crippen LogP contribution in [-0.2, 0) is 9.84 Å². The molecular formula is C9H20O3S. The van der Waals surface area contributed by atoms with E-state index in [1.807, 2.05) is 13.8 Å². The minimum atomic E-state index is -3.12. The van der Waals surface area contributed by atoms with E-state index in [1.54, 1.807) is 6.92 Å². The summed E-state index contributed by atoms with van der Waals surface area (Å²) < 4.78 is 22.2. The molecule has 0 aliphatic heterocycles. The second-order valence-corrected chi connectivity index (χ2v) is 6.19. The standard InChI is InChI=1S/C9H20O3S/c1-5-6-7(2)9(10)8(3)13(4,11)12/h7-10H,5-6H2,1-4H3. The Morgan fingerprint density at radius 1 is 1.31 bits per heavy atom. The maximum Gasteiger partial charge on any atom is 0.152 e. The summed E-state index contributed by atoms with van der Waals surface area (Å²) >= 11 is 0.